The second-order valence-electron chi connectivity index (χ2n) is 6.70. The molecule has 1 aliphatic rings. The smallest absolute Gasteiger partial charge is 0.351 e. The number of benzene rings is 1. The molecule has 8 heteroatoms. The van der Waals surface area contributed by atoms with Gasteiger partial charge in [0.1, 0.15) is 0 Å². The summed E-state index contributed by atoms with van der Waals surface area (Å²) in [6.45, 7) is 4.65. The highest BCUT2D eigenvalue weighted by molar-refractivity contribution is 5.88. The number of amides is 3. The highest BCUT2D eigenvalue weighted by Gasteiger charge is 2.36. The van der Waals surface area contributed by atoms with Crippen molar-refractivity contribution in [3.05, 3.63) is 29.3 Å². The monoisotopic (exact) mass is 371 g/mol. The number of primary amides is 1. The number of likely N-dealkylation sites (tertiary alicyclic amines) is 1. The zero-order valence-corrected chi connectivity index (χ0v) is 14.9. The fourth-order valence-corrected chi connectivity index (χ4v) is 3.28. The molecule has 1 atom stereocenters. The average Bonchev–Trinajstić information content (AvgIpc) is 2.59. The van der Waals surface area contributed by atoms with Crippen LogP contribution in [0, 0.1) is 5.92 Å². The third-order valence-electron chi connectivity index (χ3n) is 4.90. The number of anilines is 1. The van der Waals surface area contributed by atoms with Crippen molar-refractivity contribution < 1.29 is 22.8 Å². The van der Waals surface area contributed by atoms with Gasteiger partial charge in [-0.2, -0.15) is 13.2 Å². The third-order valence-corrected chi connectivity index (χ3v) is 4.90. The maximum Gasteiger partial charge on any atom is 0.416 e. The molecule has 1 aromatic carbocycles. The Hall–Kier alpha value is -2.25. The van der Waals surface area contributed by atoms with E-state index >= 15 is 0 Å². The van der Waals surface area contributed by atoms with E-state index in [1.807, 2.05) is 13.8 Å². The summed E-state index contributed by atoms with van der Waals surface area (Å²) in [5, 5.41) is 2.32. The van der Waals surface area contributed by atoms with Gasteiger partial charge in [-0.1, -0.05) is 13.8 Å². The minimum absolute atomic E-state index is 0.0474. The van der Waals surface area contributed by atoms with Crippen LogP contribution < -0.4 is 11.1 Å². The molecule has 0 spiro atoms. The maximum atomic E-state index is 13.4. The molecule has 26 heavy (non-hydrogen) atoms. The van der Waals surface area contributed by atoms with E-state index in [-0.39, 0.29) is 29.0 Å². The number of nitrogens with one attached hydrogen (secondary N) is 1. The Morgan fingerprint density at radius 3 is 2.42 bits per heavy atom. The number of nitrogens with two attached hydrogens (primary N) is 1. The maximum absolute atomic E-state index is 13.4. The summed E-state index contributed by atoms with van der Waals surface area (Å²) >= 11 is 0. The first-order chi connectivity index (χ1) is 12.1. The Morgan fingerprint density at radius 1 is 1.31 bits per heavy atom. The number of carbonyl (C=O) groups excluding carboxylic acids is 2. The van der Waals surface area contributed by atoms with E-state index < -0.39 is 17.8 Å². The van der Waals surface area contributed by atoms with Gasteiger partial charge in [0, 0.05) is 24.7 Å². The molecule has 1 saturated heterocycles. The summed E-state index contributed by atoms with van der Waals surface area (Å²) < 4.78 is 40.1. The summed E-state index contributed by atoms with van der Waals surface area (Å²) in [6.07, 6.45) is -2.85. The number of hydrogen-bond donors (Lipinski definition) is 2. The second kappa shape index (κ2) is 7.97. The van der Waals surface area contributed by atoms with Crippen molar-refractivity contribution in [2.24, 2.45) is 11.7 Å². The summed E-state index contributed by atoms with van der Waals surface area (Å²) in [4.78, 5) is 25.0. The number of hydrogen-bond acceptors (Lipinski definition) is 2. The summed E-state index contributed by atoms with van der Waals surface area (Å²) in [5.41, 5.74) is 4.72. The minimum Gasteiger partial charge on any atom is -0.351 e. The first-order valence-corrected chi connectivity index (χ1v) is 8.69. The molecule has 0 aromatic heterocycles. The first-order valence-electron chi connectivity index (χ1n) is 8.69. The number of alkyl halides is 3. The number of urea groups is 1. The highest BCUT2D eigenvalue weighted by atomic mass is 19.4. The van der Waals surface area contributed by atoms with Crippen LogP contribution in [0.25, 0.3) is 0 Å². The standard InChI is InChI=1S/C18H24F3N3O2/c1-3-11(2)16(25)24-8-6-12(7-9-24)14-10-13(23-17(22)26)4-5-15(14)18(19,20)21/h4-5,10-12H,3,6-9H2,1-2H3,(H3,22,23,26). The largest absolute Gasteiger partial charge is 0.416 e. The van der Waals surface area contributed by atoms with Gasteiger partial charge in [-0.05, 0) is 48.9 Å². The van der Waals surface area contributed by atoms with Gasteiger partial charge in [-0.15, -0.1) is 0 Å². The van der Waals surface area contributed by atoms with Crippen molar-refractivity contribution in [2.45, 2.75) is 45.2 Å². The summed E-state index contributed by atoms with van der Waals surface area (Å²) in [5.74, 6) is -0.367. The molecule has 1 heterocycles. The van der Waals surface area contributed by atoms with Crippen LogP contribution in [0.1, 0.15) is 50.2 Å². The highest BCUT2D eigenvalue weighted by Crippen LogP contribution is 2.40. The van der Waals surface area contributed by atoms with Gasteiger partial charge in [0.15, 0.2) is 0 Å². The van der Waals surface area contributed by atoms with Crippen LogP contribution >= 0.6 is 0 Å². The van der Waals surface area contributed by atoms with E-state index in [1.54, 1.807) is 4.90 Å². The van der Waals surface area contributed by atoms with Crippen molar-refractivity contribution in [3.63, 3.8) is 0 Å². The van der Waals surface area contributed by atoms with Crippen molar-refractivity contribution in [1.82, 2.24) is 4.90 Å². The molecule has 5 nitrogen and oxygen atoms in total. The SMILES string of the molecule is CCC(C)C(=O)N1CCC(c2cc(NC(N)=O)ccc2C(F)(F)F)CC1. The topological polar surface area (TPSA) is 75.4 Å². The van der Waals surface area contributed by atoms with Crippen molar-refractivity contribution in [2.75, 3.05) is 18.4 Å². The molecule has 1 unspecified atom stereocenters. The fraction of sp³-hybridized carbons (Fsp3) is 0.556. The van der Waals surface area contributed by atoms with Gasteiger partial charge in [0.25, 0.3) is 0 Å². The van der Waals surface area contributed by atoms with Gasteiger partial charge in [-0.3, -0.25) is 4.79 Å². The Morgan fingerprint density at radius 2 is 1.92 bits per heavy atom. The molecule has 2 rings (SSSR count). The van der Waals surface area contributed by atoms with E-state index in [9.17, 15) is 22.8 Å². The van der Waals surface area contributed by atoms with Gasteiger partial charge in [-0.25, -0.2) is 4.79 Å². The van der Waals surface area contributed by atoms with E-state index in [0.29, 0.717) is 25.9 Å². The molecule has 3 amide bonds. The second-order valence-corrected chi connectivity index (χ2v) is 6.70. The quantitative estimate of drug-likeness (QED) is 0.841. The lowest BCUT2D eigenvalue weighted by atomic mass is 9.85. The van der Waals surface area contributed by atoms with E-state index in [2.05, 4.69) is 5.32 Å². The van der Waals surface area contributed by atoms with Gasteiger partial charge in [0.2, 0.25) is 5.91 Å². The van der Waals surface area contributed by atoms with Crippen LogP contribution in [0.2, 0.25) is 0 Å². The van der Waals surface area contributed by atoms with Crippen LogP contribution in [0.3, 0.4) is 0 Å². The summed E-state index contributed by atoms with van der Waals surface area (Å²) in [6, 6.07) is 2.67. The fourth-order valence-electron chi connectivity index (χ4n) is 3.28. The van der Waals surface area contributed by atoms with E-state index in [0.717, 1.165) is 12.5 Å². The van der Waals surface area contributed by atoms with Crippen molar-refractivity contribution in [3.8, 4) is 0 Å². The number of rotatable bonds is 4. The lowest BCUT2D eigenvalue weighted by Gasteiger charge is -2.34. The van der Waals surface area contributed by atoms with Gasteiger partial charge >= 0.3 is 12.2 Å². The number of nitrogens with zero attached hydrogens (tertiary/aromatic N) is 1. The molecular weight excluding hydrogens is 347 g/mol. The van der Waals surface area contributed by atoms with Crippen LogP contribution in [0.15, 0.2) is 18.2 Å². The zero-order chi connectivity index (χ0) is 19.5. The molecule has 0 radical (unpaired) electrons. The minimum atomic E-state index is -4.48. The predicted octanol–water partition coefficient (Wildman–Crippen LogP) is 3.95. The van der Waals surface area contributed by atoms with Crippen molar-refractivity contribution >= 4 is 17.6 Å². The summed E-state index contributed by atoms with van der Waals surface area (Å²) in [7, 11) is 0. The molecule has 1 aromatic rings. The molecule has 0 bridgehead atoms. The van der Waals surface area contributed by atoms with Crippen LogP contribution in [0.5, 0.6) is 0 Å². The Balaban J connectivity index is 2.22. The number of halogens is 3. The molecule has 3 N–H and O–H groups in total. The van der Waals surface area contributed by atoms with E-state index in [4.69, 9.17) is 5.73 Å². The van der Waals surface area contributed by atoms with Gasteiger partial charge < -0.3 is 16.0 Å². The third kappa shape index (κ3) is 4.68. The van der Waals surface area contributed by atoms with Crippen LogP contribution in [0.4, 0.5) is 23.7 Å². The predicted molar refractivity (Wildman–Crippen MR) is 92.7 cm³/mol. The number of carbonyl (C=O) groups is 2. The van der Waals surface area contributed by atoms with Crippen molar-refractivity contribution in [1.29, 1.82) is 0 Å². The molecule has 0 saturated carbocycles. The average molecular weight is 371 g/mol. The Labute approximate surface area is 150 Å². The lowest BCUT2D eigenvalue weighted by molar-refractivity contribution is -0.139. The number of piperidine rings is 1. The Kier molecular flexibility index (Phi) is 6.15. The molecule has 1 aliphatic heterocycles. The molecule has 1 fully saturated rings. The molecule has 0 aliphatic carbocycles. The van der Waals surface area contributed by atoms with Gasteiger partial charge in [0.05, 0.1) is 5.56 Å². The van der Waals surface area contributed by atoms with Crippen LogP contribution in [-0.2, 0) is 11.0 Å². The Bertz CT molecular complexity index is 668. The zero-order valence-electron chi connectivity index (χ0n) is 14.9. The molecule has 144 valence electrons. The first kappa shape index (κ1) is 20.1. The van der Waals surface area contributed by atoms with Crippen LogP contribution in [-0.4, -0.2) is 29.9 Å². The normalized spacial score (nSPS) is 17.0. The lowest BCUT2D eigenvalue weighted by Crippen LogP contribution is -2.40. The molecular formula is C18H24F3N3O2. The van der Waals surface area contributed by atoms with E-state index in [1.165, 1.54) is 12.1 Å².